The van der Waals surface area contributed by atoms with Gasteiger partial charge in [0.25, 0.3) is 0 Å². The van der Waals surface area contributed by atoms with E-state index in [1.165, 1.54) is 22.2 Å². The zero-order valence-corrected chi connectivity index (χ0v) is 11.7. The molecule has 1 heterocycles. The van der Waals surface area contributed by atoms with Crippen LogP contribution in [0.4, 0.5) is 5.69 Å². The summed E-state index contributed by atoms with van der Waals surface area (Å²) >= 11 is 1.80. The van der Waals surface area contributed by atoms with Gasteiger partial charge in [0.05, 0.1) is 0 Å². The summed E-state index contributed by atoms with van der Waals surface area (Å²) in [6, 6.07) is 8.81. The number of nitrogens with one attached hydrogen (secondary N) is 1. The Balaban J connectivity index is 1.94. The highest BCUT2D eigenvalue weighted by molar-refractivity contribution is 7.17. The molecule has 0 spiro atoms. The van der Waals surface area contributed by atoms with Crippen molar-refractivity contribution in [3.8, 4) is 0 Å². The van der Waals surface area contributed by atoms with Gasteiger partial charge >= 0.3 is 0 Å². The fraction of sp³-hybridized carbons (Fsp3) is 0.467. The number of thiophene rings is 1. The standard InChI is InChI=1S/C15H21NS/c1-11(2)8-12(3)10-16-14-4-5-15-13(9-14)6-7-17-15/h4-7,9,11-12,16H,8,10H2,1-3H3. The smallest absolute Gasteiger partial charge is 0.0347 e. The SMILES string of the molecule is CC(C)CC(C)CNc1ccc2sccc2c1. The second-order valence-corrected chi connectivity index (χ2v) is 6.24. The minimum absolute atomic E-state index is 0.730. The average Bonchev–Trinajstić information content (AvgIpc) is 2.72. The second kappa shape index (κ2) is 5.54. The lowest BCUT2D eigenvalue weighted by atomic mass is 9.99. The molecule has 17 heavy (non-hydrogen) atoms. The Bertz CT molecular complexity index is 472. The minimum atomic E-state index is 0.730. The molecule has 0 bridgehead atoms. The molecule has 0 aliphatic carbocycles. The summed E-state index contributed by atoms with van der Waals surface area (Å²) in [5.41, 5.74) is 1.24. The quantitative estimate of drug-likeness (QED) is 0.784. The molecular formula is C15H21NS. The highest BCUT2D eigenvalue weighted by Gasteiger charge is 2.05. The molecule has 0 saturated heterocycles. The molecule has 0 aliphatic rings. The van der Waals surface area contributed by atoms with Gasteiger partial charge in [0.2, 0.25) is 0 Å². The van der Waals surface area contributed by atoms with E-state index in [9.17, 15) is 0 Å². The Kier molecular flexibility index (Phi) is 4.06. The zero-order chi connectivity index (χ0) is 12.3. The Morgan fingerprint density at radius 1 is 1.18 bits per heavy atom. The maximum absolute atomic E-state index is 3.54. The van der Waals surface area contributed by atoms with Crippen LogP contribution in [0.5, 0.6) is 0 Å². The van der Waals surface area contributed by atoms with E-state index in [-0.39, 0.29) is 0 Å². The molecule has 0 radical (unpaired) electrons. The molecule has 2 rings (SSSR count). The van der Waals surface area contributed by atoms with Gasteiger partial charge in [-0.15, -0.1) is 11.3 Å². The molecule has 1 aromatic carbocycles. The molecule has 0 amide bonds. The molecule has 92 valence electrons. The summed E-state index contributed by atoms with van der Waals surface area (Å²) in [5.74, 6) is 1.51. The lowest BCUT2D eigenvalue weighted by Gasteiger charge is -2.15. The van der Waals surface area contributed by atoms with E-state index in [0.29, 0.717) is 0 Å². The molecule has 1 aromatic heterocycles. The van der Waals surface area contributed by atoms with Crippen LogP contribution in [0.1, 0.15) is 27.2 Å². The van der Waals surface area contributed by atoms with Crippen molar-refractivity contribution >= 4 is 27.1 Å². The first-order chi connectivity index (χ1) is 8.15. The molecule has 0 aliphatic heterocycles. The average molecular weight is 247 g/mol. The van der Waals surface area contributed by atoms with Gasteiger partial charge in [-0.2, -0.15) is 0 Å². The molecule has 0 saturated carbocycles. The van der Waals surface area contributed by atoms with Gasteiger partial charge in [0.15, 0.2) is 0 Å². The minimum Gasteiger partial charge on any atom is -0.385 e. The van der Waals surface area contributed by atoms with E-state index in [2.05, 4.69) is 55.7 Å². The third-order valence-corrected chi connectivity index (χ3v) is 3.88. The summed E-state index contributed by atoms with van der Waals surface area (Å²) in [7, 11) is 0. The van der Waals surface area contributed by atoms with Crippen LogP contribution in [0.2, 0.25) is 0 Å². The first kappa shape index (κ1) is 12.4. The van der Waals surface area contributed by atoms with Crippen molar-refractivity contribution in [3.05, 3.63) is 29.6 Å². The van der Waals surface area contributed by atoms with Crippen molar-refractivity contribution in [1.82, 2.24) is 0 Å². The van der Waals surface area contributed by atoms with Crippen LogP contribution in [-0.2, 0) is 0 Å². The number of anilines is 1. The fourth-order valence-corrected chi connectivity index (χ4v) is 3.03. The van der Waals surface area contributed by atoms with Crippen LogP contribution in [-0.4, -0.2) is 6.54 Å². The van der Waals surface area contributed by atoms with Crippen LogP contribution in [0, 0.1) is 11.8 Å². The number of fused-ring (bicyclic) bond motifs is 1. The van der Waals surface area contributed by atoms with Crippen LogP contribution < -0.4 is 5.32 Å². The molecule has 0 fully saturated rings. The van der Waals surface area contributed by atoms with Gasteiger partial charge in [-0.1, -0.05) is 20.8 Å². The third-order valence-electron chi connectivity index (χ3n) is 2.98. The number of rotatable bonds is 5. The van der Waals surface area contributed by atoms with Crippen molar-refractivity contribution in [1.29, 1.82) is 0 Å². The molecule has 1 nitrogen and oxygen atoms in total. The Morgan fingerprint density at radius 3 is 2.76 bits per heavy atom. The molecule has 2 heteroatoms. The van der Waals surface area contributed by atoms with E-state index in [1.807, 2.05) is 0 Å². The Morgan fingerprint density at radius 2 is 2.00 bits per heavy atom. The summed E-state index contributed by atoms with van der Waals surface area (Å²) in [6.07, 6.45) is 1.29. The Labute approximate surface area is 108 Å². The Hall–Kier alpha value is -1.02. The first-order valence-corrected chi connectivity index (χ1v) is 7.24. The van der Waals surface area contributed by atoms with Crippen molar-refractivity contribution < 1.29 is 0 Å². The summed E-state index contributed by atoms with van der Waals surface area (Å²) in [5, 5.41) is 7.03. The van der Waals surface area contributed by atoms with E-state index in [1.54, 1.807) is 11.3 Å². The van der Waals surface area contributed by atoms with E-state index >= 15 is 0 Å². The summed E-state index contributed by atoms with van der Waals surface area (Å²) < 4.78 is 1.37. The van der Waals surface area contributed by atoms with Crippen LogP contribution in [0.3, 0.4) is 0 Å². The maximum Gasteiger partial charge on any atom is 0.0347 e. The topological polar surface area (TPSA) is 12.0 Å². The maximum atomic E-state index is 3.54. The van der Waals surface area contributed by atoms with E-state index in [4.69, 9.17) is 0 Å². The lowest BCUT2D eigenvalue weighted by Crippen LogP contribution is -2.13. The van der Waals surface area contributed by atoms with Gasteiger partial charge < -0.3 is 5.32 Å². The zero-order valence-electron chi connectivity index (χ0n) is 10.9. The molecule has 2 aromatic rings. The van der Waals surface area contributed by atoms with Crippen molar-refractivity contribution in [2.24, 2.45) is 11.8 Å². The number of hydrogen-bond donors (Lipinski definition) is 1. The van der Waals surface area contributed by atoms with Crippen LogP contribution >= 0.6 is 11.3 Å². The third kappa shape index (κ3) is 3.47. The lowest BCUT2D eigenvalue weighted by molar-refractivity contribution is 0.455. The van der Waals surface area contributed by atoms with Crippen molar-refractivity contribution in [3.63, 3.8) is 0 Å². The molecule has 1 N–H and O–H groups in total. The predicted octanol–water partition coefficient (Wildman–Crippen LogP) is 5.00. The van der Waals surface area contributed by atoms with Gasteiger partial charge in [0.1, 0.15) is 0 Å². The summed E-state index contributed by atoms with van der Waals surface area (Å²) in [4.78, 5) is 0. The second-order valence-electron chi connectivity index (χ2n) is 5.29. The highest BCUT2D eigenvalue weighted by Crippen LogP contribution is 2.24. The molecule has 1 atom stereocenters. The number of hydrogen-bond acceptors (Lipinski definition) is 2. The van der Waals surface area contributed by atoms with Crippen LogP contribution in [0.25, 0.3) is 10.1 Å². The summed E-state index contributed by atoms with van der Waals surface area (Å²) in [6.45, 7) is 7.95. The predicted molar refractivity (Wildman–Crippen MR) is 78.9 cm³/mol. The van der Waals surface area contributed by atoms with E-state index < -0.39 is 0 Å². The first-order valence-electron chi connectivity index (χ1n) is 6.36. The monoisotopic (exact) mass is 247 g/mol. The van der Waals surface area contributed by atoms with Gasteiger partial charge in [0, 0.05) is 16.9 Å². The fourth-order valence-electron chi connectivity index (χ4n) is 2.26. The molecule has 1 unspecified atom stereocenters. The van der Waals surface area contributed by atoms with Crippen molar-refractivity contribution in [2.75, 3.05) is 11.9 Å². The van der Waals surface area contributed by atoms with Crippen LogP contribution in [0.15, 0.2) is 29.6 Å². The van der Waals surface area contributed by atoms with Crippen molar-refractivity contribution in [2.45, 2.75) is 27.2 Å². The van der Waals surface area contributed by atoms with Gasteiger partial charge in [-0.25, -0.2) is 0 Å². The molecular weight excluding hydrogens is 226 g/mol. The van der Waals surface area contributed by atoms with Gasteiger partial charge in [-0.3, -0.25) is 0 Å². The van der Waals surface area contributed by atoms with E-state index in [0.717, 1.165) is 18.4 Å². The number of benzene rings is 1. The highest BCUT2D eigenvalue weighted by atomic mass is 32.1. The largest absolute Gasteiger partial charge is 0.385 e. The normalized spacial score (nSPS) is 13.2. The van der Waals surface area contributed by atoms with Gasteiger partial charge in [-0.05, 0) is 53.3 Å².